The molecule has 20 heavy (non-hydrogen) atoms. The molecule has 106 valence electrons. The van der Waals surface area contributed by atoms with E-state index in [0.717, 1.165) is 6.42 Å². The largest absolute Gasteiger partial charge is 0.483 e. The van der Waals surface area contributed by atoms with E-state index in [9.17, 15) is 4.79 Å². The highest BCUT2D eigenvalue weighted by Gasteiger charge is 2.15. The van der Waals surface area contributed by atoms with Crippen LogP contribution in [-0.4, -0.2) is 21.2 Å². The first kappa shape index (κ1) is 14.5. The lowest BCUT2D eigenvalue weighted by atomic mass is 10.2. The lowest BCUT2D eigenvalue weighted by Gasteiger charge is -2.08. The van der Waals surface area contributed by atoms with E-state index in [0.29, 0.717) is 22.6 Å². The summed E-state index contributed by atoms with van der Waals surface area (Å²) >= 11 is 3.27. The molecule has 0 aliphatic carbocycles. The van der Waals surface area contributed by atoms with Crippen LogP contribution in [0.25, 0.3) is 0 Å². The lowest BCUT2D eigenvalue weighted by molar-refractivity contribution is 0.0691. The Balaban J connectivity index is 2.12. The predicted molar refractivity (Wildman–Crippen MR) is 73.7 cm³/mol. The van der Waals surface area contributed by atoms with Crippen LogP contribution in [0.1, 0.15) is 35.4 Å². The first-order valence-electron chi connectivity index (χ1n) is 6.08. The number of para-hydroxylation sites is 1. The van der Waals surface area contributed by atoms with Crippen molar-refractivity contribution in [2.45, 2.75) is 26.4 Å². The second kappa shape index (κ2) is 6.51. The number of hydrogen-bond donors (Lipinski definition) is 1. The second-order valence-electron chi connectivity index (χ2n) is 4.06. The average molecular weight is 341 g/mol. The van der Waals surface area contributed by atoms with E-state index >= 15 is 0 Å². The monoisotopic (exact) mass is 340 g/mol. The van der Waals surface area contributed by atoms with Gasteiger partial charge in [-0.3, -0.25) is 0 Å². The van der Waals surface area contributed by atoms with Gasteiger partial charge in [-0.25, -0.2) is 4.79 Å². The van der Waals surface area contributed by atoms with E-state index in [4.69, 9.17) is 14.4 Å². The molecular formula is C13H13BrN2O4. The highest BCUT2D eigenvalue weighted by molar-refractivity contribution is 9.10. The second-order valence-corrected chi connectivity index (χ2v) is 4.92. The quantitative estimate of drug-likeness (QED) is 0.869. The van der Waals surface area contributed by atoms with Crippen LogP contribution in [0.5, 0.6) is 5.75 Å². The van der Waals surface area contributed by atoms with Crippen molar-refractivity contribution in [2.24, 2.45) is 0 Å². The number of aryl methyl sites for hydroxylation is 1. The molecule has 0 radical (unpaired) electrons. The molecule has 7 heteroatoms. The van der Waals surface area contributed by atoms with Crippen LogP contribution in [0.15, 0.2) is 27.2 Å². The number of halogens is 1. The number of carboxylic acid groups (broad SMARTS) is 1. The van der Waals surface area contributed by atoms with Crippen LogP contribution >= 0.6 is 15.9 Å². The zero-order chi connectivity index (χ0) is 14.5. The Morgan fingerprint density at radius 3 is 3.00 bits per heavy atom. The maximum absolute atomic E-state index is 11.1. The summed E-state index contributed by atoms with van der Waals surface area (Å²) in [5, 5.41) is 12.9. The minimum atomic E-state index is -1.05. The Kier molecular flexibility index (Phi) is 4.73. The van der Waals surface area contributed by atoms with Crippen LogP contribution in [0, 0.1) is 0 Å². The Bertz CT molecular complexity index is 612. The van der Waals surface area contributed by atoms with Gasteiger partial charge in [0.05, 0.1) is 4.47 Å². The standard InChI is InChI=1S/C13H13BrN2O4/c1-2-4-11-15-10(16-20-11)7-19-12-8(13(17)18)5-3-6-9(12)14/h3,5-6H,2,4,7H2,1H3,(H,17,18). The fourth-order valence-electron chi connectivity index (χ4n) is 1.62. The highest BCUT2D eigenvalue weighted by atomic mass is 79.9. The van der Waals surface area contributed by atoms with Crippen molar-refractivity contribution in [3.63, 3.8) is 0 Å². The summed E-state index contributed by atoms with van der Waals surface area (Å²) in [6.07, 6.45) is 1.62. The van der Waals surface area contributed by atoms with Crippen molar-refractivity contribution in [3.8, 4) is 5.75 Å². The number of hydrogen-bond acceptors (Lipinski definition) is 5. The minimum Gasteiger partial charge on any atom is -0.483 e. The molecule has 0 aliphatic heterocycles. The number of aromatic carboxylic acids is 1. The van der Waals surface area contributed by atoms with Crippen molar-refractivity contribution >= 4 is 21.9 Å². The maximum atomic E-state index is 11.1. The SMILES string of the molecule is CCCc1nc(COc2c(Br)cccc2C(=O)O)no1. The summed E-state index contributed by atoms with van der Waals surface area (Å²) in [6.45, 7) is 2.07. The van der Waals surface area contributed by atoms with Crippen LogP contribution in [-0.2, 0) is 13.0 Å². The molecule has 0 aliphatic rings. The summed E-state index contributed by atoms with van der Waals surface area (Å²) in [7, 11) is 0. The summed E-state index contributed by atoms with van der Waals surface area (Å²) < 4.78 is 11.1. The van der Waals surface area contributed by atoms with Crippen molar-refractivity contribution in [1.29, 1.82) is 0 Å². The minimum absolute atomic E-state index is 0.0517. The van der Waals surface area contributed by atoms with Crippen LogP contribution < -0.4 is 4.74 Å². The summed E-state index contributed by atoms with van der Waals surface area (Å²) in [4.78, 5) is 15.3. The van der Waals surface area contributed by atoms with E-state index in [1.165, 1.54) is 6.07 Å². The molecule has 0 amide bonds. The number of ether oxygens (including phenoxy) is 1. The van der Waals surface area contributed by atoms with E-state index < -0.39 is 5.97 Å². The molecule has 1 heterocycles. The lowest BCUT2D eigenvalue weighted by Crippen LogP contribution is -2.05. The molecule has 0 unspecified atom stereocenters. The Morgan fingerprint density at radius 2 is 2.30 bits per heavy atom. The van der Waals surface area contributed by atoms with Gasteiger partial charge in [-0.1, -0.05) is 18.1 Å². The first-order chi connectivity index (χ1) is 9.61. The third-order valence-corrected chi connectivity index (χ3v) is 3.14. The molecule has 0 saturated carbocycles. The van der Waals surface area contributed by atoms with E-state index in [1.54, 1.807) is 12.1 Å². The van der Waals surface area contributed by atoms with Crippen LogP contribution in [0.3, 0.4) is 0 Å². The third kappa shape index (κ3) is 3.36. The average Bonchev–Trinajstić information content (AvgIpc) is 2.85. The molecule has 0 atom stereocenters. The topological polar surface area (TPSA) is 85.5 Å². The van der Waals surface area contributed by atoms with Crippen LogP contribution in [0.2, 0.25) is 0 Å². The number of rotatable bonds is 6. The number of nitrogens with zero attached hydrogens (tertiary/aromatic N) is 2. The molecule has 2 rings (SSSR count). The Labute approximate surface area is 123 Å². The fourth-order valence-corrected chi connectivity index (χ4v) is 2.11. The van der Waals surface area contributed by atoms with E-state index in [1.807, 2.05) is 6.92 Å². The van der Waals surface area contributed by atoms with Gasteiger partial charge in [0.25, 0.3) is 0 Å². The zero-order valence-electron chi connectivity index (χ0n) is 10.8. The van der Waals surface area contributed by atoms with E-state index in [2.05, 4.69) is 26.1 Å². The van der Waals surface area contributed by atoms with E-state index in [-0.39, 0.29) is 17.9 Å². The molecular weight excluding hydrogens is 328 g/mol. The molecule has 0 fully saturated rings. The maximum Gasteiger partial charge on any atom is 0.339 e. The summed E-state index contributed by atoms with van der Waals surface area (Å²) in [5.41, 5.74) is 0.0802. The number of benzene rings is 1. The van der Waals surface area contributed by atoms with Gasteiger partial charge in [0.15, 0.2) is 6.61 Å². The summed E-state index contributed by atoms with van der Waals surface area (Å²) in [5.74, 6) is 0.139. The van der Waals surface area contributed by atoms with Gasteiger partial charge in [-0.15, -0.1) is 0 Å². The molecule has 2 aromatic rings. The summed E-state index contributed by atoms with van der Waals surface area (Å²) in [6, 6.07) is 4.82. The fraction of sp³-hybridized carbons (Fsp3) is 0.308. The molecule has 1 aromatic heterocycles. The van der Waals surface area contributed by atoms with Gasteiger partial charge in [-0.2, -0.15) is 4.98 Å². The number of carbonyl (C=O) groups is 1. The predicted octanol–water partition coefficient (Wildman–Crippen LogP) is 3.06. The Hall–Kier alpha value is -1.89. The van der Waals surface area contributed by atoms with Crippen molar-refractivity contribution in [1.82, 2.24) is 10.1 Å². The smallest absolute Gasteiger partial charge is 0.339 e. The Morgan fingerprint density at radius 1 is 1.50 bits per heavy atom. The van der Waals surface area contributed by atoms with Gasteiger partial charge >= 0.3 is 5.97 Å². The van der Waals surface area contributed by atoms with Crippen molar-refractivity contribution in [2.75, 3.05) is 0 Å². The van der Waals surface area contributed by atoms with Gasteiger partial charge < -0.3 is 14.4 Å². The van der Waals surface area contributed by atoms with Gasteiger partial charge in [0, 0.05) is 6.42 Å². The molecule has 0 bridgehead atoms. The van der Waals surface area contributed by atoms with Crippen LogP contribution in [0.4, 0.5) is 0 Å². The molecule has 0 saturated heterocycles. The number of aromatic nitrogens is 2. The normalized spacial score (nSPS) is 10.5. The van der Waals surface area contributed by atoms with Gasteiger partial charge in [0.1, 0.15) is 11.3 Å². The highest BCUT2D eigenvalue weighted by Crippen LogP contribution is 2.29. The third-order valence-electron chi connectivity index (χ3n) is 2.52. The number of carboxylic acids is 1. The van der Waals surface area contributed by atoms with Gasteiger partial charge in [-0.05, 0) is 34.5 Å². The van der Waals surface area contributed by atoms with Gasteiger partial charge in [0.2, 0.25) is 11.7 Å². The zero-order valence-corrected chi connectivity index (χ0v) is 12.4. The molecule has 0 spiro atoms. The van der Waals surface area contributed by atoms with Crippen molar-refractivity contribution < 1.29 is 19.2 Å². The molecule has 1 aromatic carbocycles. The first-order valence-corrected chi connectivity index (χ1v) is 6.87. The molecule has 1 N–H and O–H groups in total. The molecule has 6 nitrogen and oxygen atoms in total. The van der Waals surface area contributed by atoms with Crippen molar-refractivity contribution in [3.05, 3.63) is 40.0 Å².